The molecule has 0 amide bonds. The summed E-state index contributed by atoms with van der Waals surface area (Å²) in [6.45, 7) is 0. The second-order valence-corrected chi connectivity index (χ2v) is 5.07. The lowest BCUT2D eigenvalue weighted by atomic mass is 10.2. The number of rotatable bonds is 2. The van der Waals surface area contributed by atoms with Gasteiger partial charge in [0, 0.05) is 15.5 Å². The standard InChI is InChI=1S/C14H9F3N2S/c15-14(16,17)11-3-1-2-4-13(11)20-10-5-6-12(19)9(7-10)8-18/h1-7H,19H2. The third-order valence-electron chi connectivity index (χ3n) is 2.57. The highest BCUT2D eigenvalue weighted by molar-refractivity contribution is 7.99. The van der Waals surface area contributed by atoms with Gasteiger partial charge in [-0.15, -0.1) is 0 Å². The van der Waals surface area contributed by atoms with Gasteiger partial charge in [-0.25, -0.2) is 0 Å². The van der Waals surface area contributed by atoms with Gasteiger partial charge in [0.15, 0.2) is 0 Å². The summed E-state index contributed by atoms with van der Waals surface area (Å²) in [5.41, 5.74) is 5.44. The van der Waals surface area contributed by atoms with Crippen LogP contribution in [-0.2, 0) is 6.18 Å². The summed E-state index contributed by atoms with van der Waals surface area (Å²) in [6, 6.07) is 11.8. The van der Waals surface area contributed by atoms with E-state index in [0.717, 1.165) is 17.8 Å². The topological polar surface area (TPSA) is 49.8 Å². The molecule has 6 heteroatoms. The van der Waals surface area contributed by atoms with E-state index >= 15 is 0 Å². The van der Waals surface area contributed by atoms with Crippen molar-refractivity contribution in [3.05, 3.63) is 53.6 Å². The second kappa shape index (κ2) is 5.47. The van der Waals surface area contributed by atoms with Crippen LogP contribution in [-0.4, -0.2) is 0 Å². The lowest BCUT2D eigenvalue weighted by molar-refractivity contribution is -0.139. The third-order valence-corrected chi connectivity index (χ3v) is 3.63. The highest BCUT2D eigenvalue weighted by atomic mass is 32.2. The van der Waals surface area contributed by atoms with E-state index < -0.39 is 11.7 Å². The summed E-state index contributed by atoms with van der Waals surface area (Å²) >= 11 is 0.953. The highest BCUT2D eigenvalue weighted by Crippen LogP contribution is 2.39. The molecule has 2 aromatic carbocycles. The number of nitriles is 1. The largest absolute Gasteiger partial charge is 0.417 e. The van der Waals surface area contributed by atoms with Gasteiger partial charge in [0.05, 0.1) is 11.1 Å². The Hall–Kier alpha value is -2.13. The van der Waals surface area contributed by atoms with Crippen molar-refractivity contribution in [1.82, 2.24) is 0 Å². The van der Waals surface area contributed by atoms with Crippen LogP contribution in [0.1, 0.15) is 11.1 Å². The average molecular weight is 294 g/mol. The van der Waals surface area contributed by atoms with E-state index in [9.17, 15) is 13.2 Å². The molecule has 0 saturated heterocycles. The van der Waals surface area contributed by atoms with Gasteiger partial charge in [-0.05, 0) is 30.3 Å². The summed E-state index contributed by atoms with van der Waals surface area (Å²) in [6.07, 6.45) is -4.41. The summed E-state index contributed by atoms with van der Waals surface area (Å²) in [5, 5.41) is 8.87. The van der Waals surface area contributed by atoms with E-state index in [1.807, 2.05) is 6.07 Å². The lowest BCUT2D eigenvalue weighted by Gasteiger charge is -2.12. The summed E-state index contributed by atoms with van der Waals surface area (Å²) < 4.78 is 38.6. The van der Waals surface area contributed by atoms with Crippen molar-refractivity contribution >= 4 is 17.4 Å². The Kier molecular flexibility index (Phi) is 3.91. The molecule has 0 aromatic heterocycles. The number of nitrogens with zero attached hydrogens (tertiary/aromatic N) is 1. The summed E-state index contributed by atoms with van der Waals surface area (Å²) in [7, 11) is 0. The van der Waals surface area contributed by atoms with Crippen LogP contribution >= 0.6 is 11.8 Å². The summed E-state index contributed by atoms with van der Waals surface area (Å²) in [5.74, 6) is 0. The molecule has 20 heavy (non-hydrogen) atoms. The zero-order valence-electron chi connectivity index (χ0n) is 10.1. The van der Waals surface area contributed by atoms with E-state index in [0.29, 0.717) is 10.6 Å². The maximum Gasteiger partial charge on any atom is 0.417 e. The number of halogens is 3. The van der Waals surface area contributed by atoms with Crippen LogP contribution in [0.5, 0.6) is 0 Å². The van der Waals surface area contributed by atoms with Gasteiger partial charge in [0.25, 0.3) is 0 Å². The van der Waals surface area contributed by atoms with Crippen LogP contribution in [0.2, 0.25) is 0 Å². The van der Waals surface area contributed by atoms with Crippen LogP contribution in [0.25, 0.3) is 0 Å². The van der Waals surface area contributed by atoms with Crippen LogP contribution < -0.4 is 5.73 Å². The van der Waals surface area contributed by atoms with Crippen LogP contribution in [0.15, 0.2) is 52.3 Å². The Morgan fingerprint density at radius 1 is 1.10 bits per heavy atom. The van der Waals surface area contributed by atoms with Gasteiger partial charge in [-0.1, -0.05) is 23.9 Å². The fourth-order valence-electron chi connectivity index (χ4n) is 1.61. The fourth-order valence-corrected chi connectivity index (χ4v) is 2.62. The minimum absolute atomic E-state index is 0.0914. The first-order valence-corrected chi connectivity index (χ1v) is 6.37. The zero-order chi connectivity index (χ0) is 14.8. The van der Waals surface area contributed by atoms with Gasteiger partial charge in [-0.3, -0.25) is 0 Å². The van der Waals surface area contributed by atoms with E-state index in [4.69, 9.17) is 11.0 Å². The van der Waals surface area contributed by atoms with Crippen molar-refractivity contribution in [1.29, 1.82) is 5.26 Å². The number of nitrogens with two attached hydrogens (primary N) is 1. The van der Waals surface area contributed by atoms with Crippen molar-refractivity contribution < 1.29 is 13.2 Å². The molecule has 102 valence electrons. The number of benzene rings is 2. The molecule has 0 aliphatic carbocycles. The molecule has 0 bridgehead atoms. The summed E-state index contributed by atoms with van der Waals surface area (Å²) in [4.78, 5) is 0.626. The molecule has 0 atom stereocenters. The number of alkyl halides is 3. The average Bonchev–Trinajstić information content (AvgIpc) is 2.40. The molecule has 2 nitrogen and oxygen atoms in total. The molecular weight excluding hydrogens is 285 g/mol. The molecule has 0 spiro atoms. The molecule has 0 aliphatic heterocycles. The van der Waals surface area contributed by atoms with Crippen LogP contribution in [0, 0.1) is 11.3 Å². The Balaban J connectivity index is 2.39. The molecule has 0 heterocycles. The number of hydrogen-bond donors (Lipinski definition) is 1. The SMILES string of the molecule is N#Cc1cc(Sc2ccccc2C(F)(F)F)ccc1N. The van der Waals surface area contributed by atoms with Gasteiger partial charge >= 0.3 is 6.18 Å². The van der Waals surface area contributed by atoms with Crippen molar-refractivity contribution in [2.75, 3.05) is 5.73 Å². The zero-order valence-corrected chi connectivity index (χ0v) is 10.9. The first-order valence-electron chi connectivity index (χ1n) is 5.55. The van der Waals surface area contributed by atoms with Gasteiger partial charge in [0.2, 0.25) is 0 Å². The molecule has 2 aromatic rings. The third kappa shape index (κ3) is 3.06. The fraction of sp³-hybridized carbons (Fsp3) is 0.0714. The monoisotopic (exact) mass is 294 g/mol. The minimum Gasteiger partial charge on any atom is -0.398 e. The van der Waals surface area contributed by atoms with Gasteiger partial charge in [0.1, 0.15) is 6.07 Å². The van der Waals surface area contributed by atoms with Crippen molar-refractivity contribution in [3.63, 3.8) is 0 Å². The second-order valence-electron chi connectivity index (χ2n) is 3.96. The van der Waals surface area contributed by atoms with Crippen molar-refractivity contribution in [2.45, 2.75) is 16.0 Å². The molecule has 0 unspecified atom stereocenters. The molecule has 2 N–H and O–H groups in total. The Morgan fingerprint density at radius 2 is 1.80 bits per heavy atom. The quantitative estimate of drug-likeness (QED) is 0.840. The molecule has 0 aliphatic rings. The van der Waals surface area contributed by atoms with Gasteiger partial charge in [-0.2, -0.15) is 18.4 Å². The number of hydrogen-bond acceptors (Lipinski definition) is 3. The number of anilines is 1. The van der Waals surface area contributed by atoms with E-state index in [-0.39, 0.29) is 10.5 Å². The highest BCUT2D eigenvalue weighted by Gasteiger charge is 2.33. The number of nitrogen functional groups attached to an aromatic ring is 1. The molecule has 2 rings (SSSR count). The molecule has 0 saturated carbocycles. The smallest absolute Gasteiger partial charge is 0.398 e. The van der Waals surface area contributed by atoms with Crippen molar-refractivity contribution in [2.24, 2.45) is 0 Å². The molecule has 0 fully saturated rings. The molecule has 0 radical (unpaired) electrons. The molecular formula is C14H9F3N2S. The Morgan fingerprint density at radius 3 is 2.45 bits per heavy atom. The normalized spacial score (nSPS) is 11.1. The minimum atomic E-state index is -4.41. The van der Waals surface area contributed by atoms with Crippen LogP contribution in [0.3, 0.4) is 0 Å². The van der Waals surface area contributed by atoms with Gasteiger partial charge < -0.3 is 5.73 Å². The van der Waals surface area contributed by atoms with E-state index in [2.05, 4.69) is 0 Å². The van der Waals surface area contributed by atoms with E-state index in [1.165, 1.54) is 24.3 Å². The Labute approximate surface area is 118 Å². The first-order chi connectivity index (χ1) is 9.41. The van der Waals surface area contributed by atoms with E-state index in [1.54, 1.807) is 12.1 Å². The predicted octanol–water partition coefficient (Wildman–Crippen LogP) is 4.31. The predicted molar refractivity (Wildman–Crippen MR) is 71.1 cm³/mol. The van der Waals surface area contributed by atoms with Crippen molar-refractivity contribution in [3.8, 4) is 6.07 Å². The first kappa shape index (κ1) is 14.3. The lowest BCUT2D eigenvalue weighted by Crippen LogP contribution is -2.06. The Bertz CT molecular complexity index is 675. The maximum absolute atomic E-state index is 12.9. The van der Waals surface area contributed by atoms with Crippen LogP contribution in [0.4, 0.5) is 18.9 Å². The maximum atomic E-state index is 12.9.